The number of fused-ring (bicyclic) bond motifs is 6. The Labute approximate surface area is 176 Å². The van der Waals surface area contributed by atoms with Gasteiger partial charge in [0.05, 0.1) is 66.1 Å². The van der Waals surface area contributed by atoms with Gasteiger partial charge in [-0.3, -0.25) is 9.80 Å². The van der Waals surface area contributed by atoms with Crippen LogP contribution in [-0.4, -0.2) is 141 Å². The zero-order chi connectivity index (χ0) is 20.2. The van der Waals surface area contributed by atoms with Gasteiger partial charge in [0.25, 0.3) is 0 Å². The third kappa shape index (κ3) is 14.3. The Morgan fingerprint density at radius 3 is 0.862 bits per heavy atom. The van der Waals surface area contributed by atoms with E-state index in [2.05, 4.69) is 20.4 Å². The van der Waals surface area contributed by atoms with Crippen molar-refractivity contribution in [3.63, 3.8) is 0 Å². The fourth-order valence-corrected chi connectivity index (χ4v) is 3.17. The van der Waals surface area contributed by atoms with Crippen LogP contribution >= 0.6 is 0 Å². The molecule has 2 aliphatic rings. The second kappa shape index (κ2) is 18.4. The molecule has 0 aromatic rings. The molecule has 0 aromatic heterocycles. The lowest BCUT2D eigenvalue weighted by atomic mass is 10.4. The number of nitrogens with one attached hydrogen (secondary N) is 2. The van der Waals surface area contributed by atoms with Crippen LogP contribution in [0.2, 0.25) is 0 Å². The van der Waals surface area contributed by atoms with Crippen molar-refractivity contribution in [1.82, 2.24) is 20.4 Å². The fraction of sp³-hybridized carbons (Fsp3) is 1.00. The molecule has 2 heterocycles. The summed E-state index contributed by atoms with van der Waals surface area (Å²) in [7, 11) is 0. The molecule has 0 spiro atoms. The first kappa shape index (κ1) is 24.9. The van der Waals surface area contributed by atoms with Crippen LogP contribution in [0, 0.1) is 0 Å². The standard InChI is InChI=1S/C20H42N4O5/c1-11-25-15-5-23-7-17-27-13-3-22-4-14-28-18-8-24(10-20-29-19-9-23)6-16-26-12-2-21-1/h21-22H,1-20H2. The van der Waals surface area contributed by atoms with Gasteiger partial charge in [0.15, 0.2) is 0 Å². The smallest absolute Gasteiger partial charge is 0.0594 e. The molecular formula is C20H42N4O5. The Morgan fingerprint density at radius 1 is 0.345 bits per heavy atom. The van der Waals surface area contributed by atoms with E-state index in [4.69, 9.17) is 23.7 Å². The van der Waals surface area contributed by atoms with E-state index in [1.54, 1.807) is 0 Å². The maximum Gasteiger partial charge on any atom is 0.0594 e. The molecule has 0 saturated carbocycles. The maximum absolute atomic E-state index is 5.92. The Bertz CT molecular complexity index is 312. The summed E-state index contributed by atoms with van der Waals surface area (Å²) in [6.45, 7) is 16.1. The van der Waals surface area contributed by atoms with Gasteiger partial charge in [-0.05, 0) is 0 Å². The molecule has 0 aliphatic carbocycles. The second-order valence-electron chi connectivity index (χ2n) is 7.25. The van der Waals surface area contributed by atoms with Crippen LogP contribution in [0.3, 0.4) is 0 Å². The predicted molar refractivity (Wildman–Crippen MR) is 113 cm³/mol. The van der Waals surface area contributed by atoms with E-state index >= 15 is 0 Å². The van der Waals surface area contributed by atoms with E-state index < -0.39 is 0 Å². The van der Waals surface area contributed by atoms with Crippen molar-refractivity contribution >= 4 is 0 Å². The van der Waals surface area contributed by atoms with Gasteiger partial charge < -0.3 is 34.3 Å². The summed E-state index contributed by atoms with van der Waals surface area (Å²) in [4.78, 5) is 4.74. The van der Waals surface area contributed by atoms with E-state index in [1.165, 1.54) is 0 Å². The SMILES string of the molecule is C1COCCN2CCOCCNCCOCCN(CCOCCN1)CCOCC2. The van der Waals surface area contributed by atoms with Crippen molar-refractivity contribution in [3.8, 4) is 0 Å². The summed E-state index contributed by atoms with van der Waals surface area (Å²) in [5.74, 6) is 0. The van der Waals surface area contributed by atoms with Gasteiger partial charge in [0.1, 0.15) is 0 Å². The predicted octanol–water partition coefficient (Wildman–Crippen LogP) is -1.12. The first-order chi connectivity index (χ1) is 14.4. The molecule has 2 N–H and O–H groups in total. The van der Waals surface area contributed by atoms with Gasteiger partial charge in [-0.15, -0.1) is 0 Å². The molecule has 0 aromatic carbocycles. The highest BCUT2D eigenvalue weighted by Crippen LogP contribution is 1.95. The molecule has 0 radical (unpaired) electrons. The Balaban J connectivity index is 1.84. The van der Waals surface area contributed by atoms with E-state index in [1.807, 2.05) is 0 Å². The van der Waals surface area contributed by atoms with Crippen LogP contribution in [0.5, 0.6) is 0 Å². The molecule has 172 valence electrons. The molecule has 9 heteroatoms. The van der Waals surface area contributed by atoms with Gasteiger partial charge in [-0.2, -0.15) is 0 Å². The summed E-state index contributed by atoms with van der Waals surface area (Å²) in [5.41, 5.74) is 0. The summed E-state index contributed by atoms with van der Waals surface area (Å²) in [6.07, 6.45) is 0. The third-order valence-electron chi connectivity index (χ3n) is 5.00. The van der Waals surface area contributed by atoms with Crippen molar-refractivity contribution in [3.05, 3.63) is 0 Å². The normalized spacial score (nSPS) is 29.8. The third-order valence-corrected chi connectivity index (χ3v) is 5.00. The first-order valence-electron chi connectivity index (χ1n) is 11.2. The minimum absolute atomic E-state index is 0.723. The molecule has 2 rings (SSSR count). The van der Waals surface area contributed by atoms with Gasteiger partial charge in [-0.1, -0.05) is 0 Å². The van der Waals surface area contributed by atoms with Crippen LogP contribution in [0.25, 0.3) is 0 Å². The molecule has 2 saturated heterocycles. The highest BCUT2D eigenvalue weighted by atomic mass is 16.5. The molecule has 2 bridgehead atoms. The minimum Gasteiger partial charge on any atom is -0.379 e. The lowest BCUT2D eigenvalue weighted by Gasteiger charge is -2.24. The lowest BCUT2D eigenvalue weighted by Crippen LogP contribution is -2.37. The van der Waals surface area contributed by atoms with E-state index in [0.717, 1.165) is 132 Å². The molecule has 0 atom stereocenters. The maximum atomic E-state index is 5.92. The largest absolute Gasteiger partial charge is 0.379 e. The number of nitrogens with zero attached hydrogens (tertiary/aromatic N) is 2. The van der Waals surface area contributed by atoms with E-state index in [-0.39, 0.29) is 0 Å². The topological polar surface area (TPSA) is 76.7 Å². The van der Waals surface area contributed by atoms with E-state index in [9.17, 15) is 0 Å². The quantitative estimate of drug-likeness (QED) is 0.476. The van der Waals surface area contributed by atoms with Crippen LogP contribution in [0.1, 0.15) is 0 Å². The van der Waals surface area contributed by atoms with Gasteiger partial charge >= 0.3 is 0 Å². The minimum atomic E-state index is 0.723. The molecule has 0 unspecified atom stereocenters. The summed E-state index contributed by atoms with van der Waals surface area (Å²) >= 11 is 0. The summed E-state index contributed by atoms with van der Waals surface area (Å²) < 4.78 is 29.0. The van der Waals surface area contributed by atoms with Crippen LogP contribution < -0.4 is 10.6 Å². The van der Waals surface area contributed by atoms with Crippen molar-refractivity contribution in [2.45, 2.75) is 0 Å². The number of ether oxygens (including phenoxy) is 5. The number of hydrogen-bond donors (Lipinski definition) is 2. The molecule has 29 heavy (non-hydrogen) atoms. The highest BCUT2D eigenvalue weighted by Gasteiger charge is 2.08. The molecule has 2 aliphatic heterocycles. The number of rotatable bonds is 0. The average Bonchev–Trinajstić information content (AvgIpc) is 2.73. The average molecular weight is 419 g/mol. The summed E-state index contributed by atoms with van der Waals surface area (Å²) in [5, 5.41) is 6.73. The Kier molecular flexibility index (Phi) is 15.8. The summed E-state index contributed by atoms with van der Waals surface area (Å²) in [6, 6.07) is 0. The van der Waals surface area contributed by atoms with Crippen LogP contribution in [0.4, 0.5) is 0 Å². The van der Waals surface area contributed by atoms with Crippen molar-refractivity contribution in [1.29, 1.82) is 0 Å². The van der Waals surface area contributed by atoms with Crippen molar-refractivity contribution in [2.24, 2.45) is 0 Å². The number of hydrogen-bond acceptors (Lipinski definition) is 9. The van der Waals surface area contributed by atoms with Crippen LogP contribution in [-0.2, 0) is 23.7 Å². The highest BCUT2D eigenvalue weighted by molar-refractivity contribution is 4.61. The van der Waals surface area contributed by atoms with E-state index in [0.29, 0.717) is 0 Å². The second-order valence-corrected chi connectivity index (χ2v) is 7.25. The van der Waals surface area contributed by atoms with Gasteiger partial charge in [0.2, 0.25) is 0 Å². The first-order valence-corrected chi connectivity index (χ1v) is 11.2. The Morgan fingerprint density at radius 2 is 0.586 bits per heavy atom. The zero-order valence-electron chi connectivity index (χ0n) is 18.1. The molecule has 2 fully saturated rings. The van der Waals surface area contributed by atoms with Crippen molar-refractivity contribution < 1.29 is 23.7 Å². The zero-order valence-corrected chi connectivity index (χ0v) is 18.1. The Hall–Kier alpha value is -0.360. The monoisotopic (exact) mass is 418 g/mol. The molecule has 9 nitrogen and oxygen atoms in total. The van der Waals surface area contributed by atoms with Gasteiger partial charge in [-0.25, -0.2) is 0 Å². The fourth-order valence-electron chi connectivity index (χ4n) is 3.17. The van der Waals surface area contributed by atoms with Gasteiger partial charge in [0, 0.05) is 65.4 Å². The lowest BCUT2D eigenvalue weighted by molar-refractivity contribution is 0.0327. The van der Waals surface area contributed by atoms with Crippen LogP contribution in [0.15, 0.2) is 0 Å². The molecule has 0 amide bonds. The van der Waals surface area contributed by atoms with Crippen molar-refractivity contribution in [2.75, 3.05) is 132 Å². The molecular weight excluding hydrogens is 376 g/mol.